The third kappa shape index (κ3) is 4.38. The van der Waals surface area contributed by atoms with Crippen molar-refractivity contribution >= 4 is 51.9 Å². The van der Waals surface area contributed by atoms with Crippen LogP contribution in [0, 0.1) is 0 Å². The van der Waals surface area contributed by atoms with Gasteiger partial charge in [-0.15, -0.1) is 11.8 Å². The molecule has 1 aliphatic rings. The van der Waals surface area contributed by atoms with Crippen molar-refractivity contribution in [3.63, 3.8) is 0 Å². The SMILES string of the molecule is COc1ccccc1C(=O)COC(=O)CSC1CC(=O)N(c2ccc3cc[nH]c3c2)C1=O. The monoisotopic (exact) mass is 452 g/mol. The van der Waals surface area contributed by atoms with Gasteiger partial charge in [0, 0.05) is 18.1 Å². The van der Waals surface area contributed by atoms with E-state index in [0.717, 1.165) is 27.6 Å². The Morgan fingerprint density at radius 1 is 1.16 bits per heavy atom. The average molecular weight is 452 g/mol. The molecule has 1 aliphatic heterocycles. The van der Waals surface area contributed by atoms with Crippen LogP contribution in [0.2, 0.25) is 0 Å². The predicted molar refractivity (Wildman–Crippen MR) is 120 cm³/mol. The minimum absolute atomic E-state index is 0.000309. The number of benzene rings is 2. The number of imide groups is 1. The molecule has 4 rings (SSSR count). The molecule has 1 aromatic heterocycles. The second-order valence-corrected chi connectivity index (χ2v) is 8.30. The van der Waals surface area contributed by atoms with E-state index in [1.807, 2.05) is 12.1 Å². The minimum atomic E-state index is -0.681. The zero-order chi connectivity index (χ0) is 22.7. The molecule has 1 unspecified atom stereocenters. The zero-order valence-corrected chi connectivity index (χ0v) is 18.0. The summed E-state index contributed by atoms with van der Waals surface area (Å²) in [6.45, 7) is -0.431. The van der Waals surface area contributed by atoms with Gasteiger partial charge in [-0.1, -0.05) is 18.2 Å². The van der Waals surface area contributed by atoms with E-state index < -0.39 is 17.8 Å². The lowest BCUT2D eigenvalue weighted by Crippen LogP contribution is -2.31. The molecule has 0 saturated carbocycles. The number of H-pyrrole nitrogens is 1. The standard InChI is InChI=1S/C23H20N2O6S/c1-30-19-5-3-2-4-16(19)18(26)12-31-22(28)13-32-20-11-21(27)25(23(20)29)15-7-6-14-8-9-24-17(14)10-15/h2-10,20,24H,11-13H2,1H3. The Labute approximate surface area is 187 Å². The number of thioether (sulfide) groups is 1. The molecule has 1 saturated heterocycles. The molecular formula is C23H20N2O6S. The van der Waals surface area contributed by atoms with Crippen LogP contribution in [0.25, 0.3) is 10.9 Å². The number of ketones is 1. The van der Waals surface area contributed by atoms with E-state index in [1.165, 1.54) is 7.11 Å². The van der Waals surface area contributed by atoms with Gasteiger partial charge in [0.1, 0.15) is 5.75 Å². The summed E-state index contributed by atoms with van der Waals surface area (Å²) >= 11 is 1.03. The van der Waals surface area contributed by atoms with Crippen LogP contribution in [0.5, 0.6) is 5.75 Å². The van der Waals surface area contributed by atoms with Crippen LogP contribution in [0.3, 0.4) is 0 Å². The Morgan fingerprint density at radius 3 is 2.78 bits per heavy atom. The number of nitrogens with zero attached hydrogens (tertiary/aromatic N) is 1. The molecule has 2 heterocycles. The Hall–Kier alpha value is -3.59. The van der Waals surface area contributed by atoms with Gasteiger partial charge in [0.2, 0.25) is 17.6 Å². The van der Waals surface area contributed by atoms with E-state index in [1.54, 1.807) is 42.6 Å². The maximum atomic E-state index is 12.8. The molecule has 0 aliphatic carbocycles. The molecule has 164 valence electrons. The van der Waals surface area contributed by atoms with Crippen molar-refractivity contribution in [3.05, 3.63) is 60.3 Å². The molecule has 1 N–H and O–H groups in total. The van der Waals surface area contributed by atoms with Crippen molar-refractivity contribution in [1.82, 2.24) is 4.98 Å². The highest BCUT2D eigenvalue weighted by Gasteiger charge is 2.40. The Bertz CT molecular complexity index is 1200. The first kappa shape index (κ1) is 21.6. The number of esters is 1. The fourth-order valence-electron chi connectivity index (χ4n) is 3.49. The molecule has 0 bridgehead atoms. The van der Waals surface area contributed by atoms with Gasteiger partial charge in [-0.2, -0.15) is 0 Å². The van der Waals surface area contributed by atoms with Gasteiger partial charge >= 0.3 is 5.97 Å². The molecule has 8 nitrogen and oxygen atoms in total. The Morgan fingerprint density at radius 2 is 1.97 bits per heavy atom. The highest BCUT2D eigenvalue weighted by atomic mass is 32.2. The van der Waals surface area contributed by atoms with Crippen LogP contribution in [0.15, 0.2) is 54.7 Å². The minimum Gasteiger partial charge on any atom is -0.496 e. The number of amides is 2. The van der Waals surface area contributed by atoms with Crippen LogP contribution in [0.4, 0.5) is 5.69 Å². The molecule has 0 spiro atoms. The molecule has 9 heteroatoms. The first-order chi connectivity index (χ1) is 15.5. The number of carbonyl (C=O) groups is 4. The first-order valence-electron chi connectivity index (χ1n) is 9.85. The molecule has 2 aromatic carbocycles. The van der Waals surface area contributed by atoms with Gasteiger partial charge in [0.25, 0.3) is 0 Å². The smallest absolute Gasteiger partial charge is 0.316 e. The number of fused-ring (bicyclic) bond motifs is 1. The van der Waals surface area contributed by atoms with Crippen molar-refractivity contribution in [2.75, 3.05) is 24.4 Å². The van der Waals surface area contributed by atoms with Gasteiger partial charge in [-0.3, -0.25) is 19.2 Å². The number of para-hydroxylation sites is 1. The topological polar surface area (TPSA) is 106 Å². The van der Waals surface area contributed by atoms with E-state index in [9.17, 15) is 19.2 Å². The number of anilines is 1. The number of aromatic nitrogens is 1. The van der Waals surface area contributed by atoms with Crippen LogP contribution < -0.4 is 9.64 Å². The molecule has 32 heavy (non-hydrogen) atoms. The molecule has 0 radical (unpaired) electrons. The van der Waals surface area contributed by atoms with Crippen LogP contribution in [-0.2, 0) is 19.1 Å². The van der Waals surface area contributed by atoms with Gasteiger partial charge in [-0.05, 0) is 35.7 Å². The summed E-state index contributed by atoms with van der Waals surface area (Å²) in [6.07, 6.45) is 1.78. The quantitative estimate of drug-likeness (QED) is 0.318. The number of rotatable bonds is 8. The summed E-state index contributed by atoms with van der Waals surface area (Å²) in [4.78, 5) is 53.8. The lowest BCUT2D eigenvalue weighted by molar-refractivity contribution is -0.139. The number of hydrogen-bond acceptors (Lipinski definition) is 7. The van der Waals surface area contributed by atoms with E-state index in [4.69, 9.17) is 9.47 Å². The predicted octanol–water partition coefficient (Wildman–Crippen LogP) is 2.97. The molecule has 2 amide bonds. The largest absolute Gasteiger partial charge is 0.496 e. The van der Waals surface area contributed by atoms with Crippen LogP contribution >= 0.6 is 11.8 Å². The van der Waals surface area contributed by atoms with E-state index in [-0.39, 0.29) is 29.8 Å². The molecular weight excluding hydrogens is 432 g/mol. The summed E-state index contributed by atoms with van der Waals surface area (Å²) in [6, 6.07) is 13.9. The highest BCUT2D eigenvalue weighted by molar-refractivity contribution is 8.01. The number of methoxy groups -OCH3 is 1. The van der Waals surface area contributed by atoms with Gasteiger partial charge in [-0.25, -0.2) is 4.90 Å². The number of ether oxygens (including phenoxy) is 2. The van der Waals surface area contributed by atoms with Crippen LogP contribution in [0.1, 0.15) is 16.8 Å². The lowest BCUT2D eigenvalue weighted by Gasteiger charge is -2.15. The van der Waals surface area contributed by atoms with Crippen molar-refractivity contribution in [3.8, 4) is 5.75 Å². The van der Waals surface area contributed by atoms with Crippen molar-refractivity contribution in [2.24, 2.45) is 0 Å². The molecule has 1 fully saturated rings. The summed E-state index contributed by atoms with van der Waals surface area (Å²) in [5.41, 5.74) is 1.63. The molecule has 3 aromatic rings. The van der Waals surface area contributed by atoms with E-state index in [0.29, 0.717) is 17.0 Å². The summed E-state index contributed by atoms with van der Waals surface area (Å²) < 4.78 is 10.2. The van der Waals surface area contributed by atoms with Crippen molar-refractivity contribution in [2.45, 2.75) is 11.7 Å². The van der Waals surface area contributed by atoms with Crippen LogP contribution in [-0.4, -0.2) is 53.3 Å². The normalized spacial score (nSPS) is 15.9. The van der Waals surface area contributed by atoms with Gasteiger partial charge in [0.15, 0.2) is 6.61 Å². The fraction of sp³-hybridized carbons (Fsp3) is 0.217. The van der Waals surface area contributed by atoms with Gasteiger partial charge < -0.3 is 14.5 Å². The van der Waals surface area contributed by atoms with Gasteiger partial charge in [0.05, 0.1) is 29.4 Å². The second kappa shape index (κ2) is 9.27. The summed E-state index contributed by atoms with van der Waals surface area (Å²) in [7, 11) is 1.45. The number of hydrogen-bond donors (Lipinski definition) is 1. The zero-order valence-electron chi connectivity index (χ0n) is 17.2. The summed E-state index contributed by atoms with van der Waals surface area (Å²) in [5, 5.41) is 0.295. The third-order valence-corrected chi connectivity index (χ3v) is 6.25. The Kier molecular flexibility index (Phi) is 6.27. The lowest BCUT2D eigenvalue weighted by atomic mass is 10.1. The number of nitrogens with one attached hydrogen (secondary N) is 1. The maximum absolute atomic E-state index is 12.8. The van der Waals surface area contributed by atoms with Crippen molar-refractivity contribution in [1.29, 1.82) is 0 Å². The fourth-order valence-corrected chi connectivity index (χ4v) is 4.42. The summed E-state index contributed by atoms with van der Waals surface area (Å²) in [5.74, 6) is -1.46. The van der Waals surface area contributed by atoms with E-state index in [2.05, 4.69) is 4.98 Å². The molecule has 1 atom stereocenters. The highest BCUT2D eigenvalue weighted by Crippen LogP contribution is 2.31. The third-order valence-electron chi connectivity index (χ3n) is 5.08. The number of carbonyl (C=O) groups excluding carboxylic acids is 4. The number of aromatic amines is 1. The number of Topliss-reactive ketones (excluding diaryl/α,β-unsaturated/α-hetero) is 1. The average Bonchev–Trinajstić information content (AvgIpc) is 3.38. The Balaban J connectivity index is 1.31. The van der Waals surface area contributed by atoms with Crippen molar-refractivity contribution < 1.29 is 28.7 Å². The van der Waals surface area contributed by atoms with E-state index >= 15 is 0 Å². The second-order valence-electron chi connectivity index (χ2n) is 7.10. The maximum Gasteiger partial charge on any atom is 0.316 e. The first-order valence-corrected chi connectivity index (χ1v) is 10.9.